The molecule has 3 nitrogen and oxygen atoms in total. The summed E-state index contributed by atoms with van der Waals surface area (Å²) >= 11 is 0. The van der Waals surface area contributed by atoms with Gasteiger partial charge in [0.2, 0.25) is 0 Å². The van der Waals surface area contributed by atoms with Crippen molar-refractivity contribution in [3.63, 3.8) is 0 Å². The first-order chi connectivity index (χ1) is 9.75. The topological polar surface area (TPSA) is 32.5 Å². The second kappa shape index (κ2) is 6.25. The number of rotatable bonds is 3. The molecule has 20 heavy (non-hydrogen) atoms. The molecule has 3 rings (SSSR count). The van der Waals surface area contributed by atoms with Gasteiger partial charge in [-0.05, 0) is 44.8 Å². The van der Waals surface area contributed by atoms with Gasteiger partial charge in [0.1, 0.15) is 0 Å². The summed E-state index contributed by atoms with van der Waals surface area (Å²) in [6, 6.07) is 12.1. The Morgan fingerprint density at radius 3 is 2.60 bits per heavy atom. The number of benzene rings is 1. The van der Waals surface area contributed by atoms with Crippen molar-refractivity contribution in [2.24, 2.45) is 5.73 Å². The van der Waals surface area contributed by atoms with Gasteiger partial charge in [-0.15, -0.1) is 0 Å². The van der Waals surface area contributed by atoms with Gasteiger partial charge in [0.25, 0.3) is 0 Å². The van der Waals surface area contributed by atoms with E-state index in [0.29, 0.717) is 6.04 Å². The molecule has 1 aromatic rings. The van der Waals surface area contributed by atoms with Crippen LogP contribution in [0.4, 0.5) is 0 Å². The van der Waals surface area contributed by atoms with Crippen LogP contribution >= 0.6 is 0 Å². The maximum absolute atomic E-state index is 6.33. The molecule has 3 unspecified atom stereocenters. The maximum atomic E-state index is 6.33. The molecular weight excluding hydrogens is 246 g/mol. The fraction of sp³-hybridized carbons (Fsp3) is 0.647. The van der Waals surface area contributed by atoms with Crippen molar-refractivity contribution >= 4 is 0 Å². The number of nitrogens with zero attached hydrogens (tertiary/aromatic N) is 2. The van der Waals surface area contributed by atoms with Gasteiger partial charge in [0.05, 0.1) is 0 Å². The zero-order valence-corrected chi connectivity index (χ0v) is 12.5. The van der Waals surface area contributed by atoms with Crippen molar-refractivity contribution in [2.45, 2.75) is 44.3 Å². The number of hydrogen-bond donors (Lipinski definition) is 1. The van der Waals surface area contributed by atoms with E-state index in [9.17, 15) is 0 Å². The molecule has 2 aliphatic rings. The molecule has 3 atom stereocenters. The van der Waals surface area contributed by atoms with E-state index in [-0.39, 0.29) is 6.04 Å². The van der Waals surface area contributed by atoms with E-state index in [1.54, 1.807) is 0 Å². The first-order valence-electron chi connectivity index (χ1n) is 8.04. The monoisotopic (exact) mass is 273 g/mol. The molecule has 0 spiro atoms. The van der Waals surface area contributed by atoms with Crippen LogP contribution in [0, 0.1) is 0 Å². The van der Waals surface area contributed by atoms with E-state index >= 15 is 0 Å². The molecule has 110 valence electrons. The van der Waals surface area contributed by atoms with Gasteiger partial charge in [0.15, 0.2) is 0 Å². The summed E-state index contributed by atoms with van der Waals surface area (Å²) in [4.78, 5) is 5.32. The maximum Gasteiger partial charge on any atom is 0.0497 e. The standard InChI is InChI=1S/C17H27N3/c1-14(18)17(15-7-3-2-4-8-15)20-12-6-11-19-10-5-9-16(19)13-20/h2-4,7-8,14,16-17H,5-6,9-13,18H2,1H3. The lowest BCUT2D eigenvalue weighted by atomic mass is 9.98. The molecule has 0 bridgehead atoms. The van der Waals surface area contributed by atoms with Crippen LogP contribution in [0.5, 0.6) is 0 Å². The van der Waals surface area contributed by atoms with Crippen molar-refractivity contribution in [3.8, 4) is 0 Å². The average molecular weight is 273 g/mol. The zero-order chi connectivity index (χ0) is 13.9. The lowest BCUT2D eigenvalue weighted by Crippen LogP contribution is -2.43. The summed E-state index contributed by atoms with van der Waals surface area (Å²) in [5.41, 5.74) is 7.70. The van der Waals surface area contributed by atoms with E-state index in [1.165, 1.54) is 51.0 Å². The molecule has 2 fully saturated rings. The van der Waals surface area contributed by atoms with Crippen LogP contribution in [0.1, 0.15) is 37.8 Å². The SMILES string of the molecule is CC(N)C(c1ccccc1)N1CCCN2CCCC2C1. The van der Waals surface area contributed by atoms with Crippen molar-refractivity contribution in [1.82, 2.24) is 9.80 Å². The molecule has 0 saturated carbocycles. The minimum absolute atomic E-state index is 0.172. The first kappa shape index (κ1) is 14.1. The second-order valence-electron chi connectivity index (χ2n) is 6.40. The van der Waals surface area contributed by atoms with E-state index in [1.807, 2.05) is 0 Å². The summed E-state index contributed by atoms with van der Waals surface area (Å²) in [5, 5.41) is 0. The molecule has 0 aliphatic carbocycles. The van der Waals surface area contributed by atoms with Gasteiger partial charge < -0.3 is 5.73 Å². The summed E-state index contributed by atoms with van der Waals surface area (Å²) in [6.45, 7) is 7.07. The molecule has 0 amide bonds. The highest BCUT2D eigenvalue weighted by Crippen LogP contribution is 2.29. The molecule has 0 aromatic heterocycles. The summed E-state index contributed by atoms with van der Waals surface area (Å²) in [7, 11) is 0. The number of nitrogens with two attached hydrogens (primary N) is 1. The third-order valence-corrected chi connectivity index (χ3v) is 4.87. The zero-order valence-electron chi connectivity index (χ0n) is 12.5. The van der Waals surface area contributed by atoms with Crippen molar-refractivity contribution in [2.75, 3.05) is 26.2 Å². The Morgan fingerprint density at radius 2 is 1.85 bits per heavy atom. The average Bonchev–Trinajstić information content (AvgIpc) is 2.78. The predicted octanol–water partition coefficient (Wildman–Crippen LogP) is 2.25. The van der Waals surface area contributed by atoms with Gasteiger partial charge >= 0.3 is 0 Å². The Labute approximate surface area is 122 Å². The fourth-order valence-corrected chi connectivity index (χ4v) is 3.98. The van der Waals surface area contributed by atoms with Gasteiger partial charge in [-0.25, -0.2) is 0 Å². The van der Waals surface area contributed by atoms with E-state index in [0.717, 1.165) is 6.04 Å². The van der Waals surface area contributed by atoms with Crippen LogP contribution in [0.3, 0.4) is 0 Å². The Bertz CT molecular complexity index is 418. The Hall–Kier alpha value is -0.900. The first-order valence-corrected chi connectivity index (χ1v) is 8.04. The van der Waals surface area contributed by atoms with Crippen LogP contribution in [0.2, 0.25) is 0 Å². The molecule has 2 N–H and O–H groups in total. The normalized spacial score (nSPS) is 27.8. The predicted molar refractivity (Wildman–Crippen MR) is 83.6 cm³/mol. The third kappa shape index (κ3) is 2.90. The van der Waals surface area contributed by atoms with E-state index < -0.39 is 0 Å². The smallest absolute Gasteiger partial charge is 0.0497 e. The Morgan fingerprint density at radius 1 is 1.10 bits per heavy atom. The Balaban J connectivity index is 1.80. The van der Waals surface area contributed by atoms with Crippen LogP contribution in [0.25, 0.3) is 0 Å². The minimum atomic E-state index is 0.172. The minimum Gasteiger partial charge on any atom is -0.326 e. The Kier molecular flexibility index (Phi) is 4.39. The van der Waals surface area contributed by atoms with Crippen LogP contribution in [-0.4, -0.2) is 48.1 Å². The van der Waals surface area contributed by atoms with Crippen LogP contribution in [-0.2, 0) is 0 Å². The fourth-order valence-electron chi connectivity index (χ4n) is 3.98. The summed E-state index contributed by atoms with van der Waals surface area (Å²) in [6.07, 6.45) is 4.00. The number of fused-ring (bicyclic) bond motifs is 1. The van der Waals surface area contributed by atoms with Gasteiger partial charge in [-0.1, -0.05) is 30.3 Å². The lowest BCUT2D eigenvalue weighted by molar-refractivity contribution is 0.157. The molecular formula is C17H27N3. The largest absolute Gasteiger partial charge is 0.326 e. The van der Waals surface area contributed by atoms with Gasteiger partial charge in [-0.2, -0.15) is 0 Å². The van der Waals surface area contributed by atoms with Gasteiger partial charge in [-0.3, -0.25) is 9.80 Å². The quantitative estimate of drug-likeness (QED) is 0.917. The number of hydrogen-bond acceptors (Lipinski definition) is 3. The second-order valence-corrected chi connectivity index (χ2v) is 6.40. The van der Waals surface area contributed by atoms with Gasteiger partial charge in [0, 0.05) is 31.2 Å². The van der Waals surface area contributed by atoms with Crippen molar-refractivity contribution < 1.29 is 0 Å². The molecule has 0 radical (unpaired) electrons. The van der Waals surface area contributed by atoms with E-state index in [4.69, 9.17) is 5.73 Å². The van der Waals surface area contributed by atoms with Crippen LogP contribution in [0.15, 0.2) is 30.3 Å². The summed E-state index contributed by atoms with van der Waals surface area (Å²) in [5.74, 6) is 0. The molecule has 2 aliphatic heterocycles. The highest BCUT2D eigenvalue weighted by Gasteiger charge is 2.33. The van der Waals surface area contributed by atoms with Crippen molar-refractivity contribution in [3.05, 3.63) is 35.9 Å². The highest BCUT2D eigenvalue weighted by atomic mass is 15.3. The highest BCUT2D eigenvalue weighted by molar-refractivity contribution is 5.20. The molecule has 2 heterocycles. The molecule has 3 heteroatoms. The van der Waals surface area contributed by atoms with Crippen LogP contribution < -0.4 is 5.73 Å². The molecule has 2 saturated heterocycles. The van der Waals surface area contributed by atoms with E-state index in [2.05, 4.69) is 47.1 Å². The third-order valence-electron chi connectivity index (χ3n) is 4.87. The van der Waals surface area contributed by atoms with Crippen molar-refractivity contribution in [1.29, 1.82) is 0 Å². The molecule has 1 aromatic carbocycles. The summed E-state index contributed by atoms with van der Waals surface area (Å²) < 4.78 is 0. The lowest BCUT2D eigenvalue weighted by Gasteiger charge is -2.35.